The molecule has 140 valence electrons. The molecule has 5 heteroatoms. The molecule has 27 heavy (non-hydrogen) atoms. The average Bonchev–Trinajstić information content (AvgIpc) is 3.08. The molecule has 0 N–H and O–H groups in total. The van der Waals surface area contributed by atoms with Gasteiger partial charge in [-0.25, -0.2) is 4.39 Å². The molecule has 0 bridgehead atoms. The second-order valence-corrected chi connectivity index (χ2v) is 7.04. The van der Waals surface area contributed by atoms with Crippen molar-refractivity contribution in [2.75, 3.05) is 32.8 Å². The number of nitrogens with zero attached hydrogens (tertiary/aromatic N) is 2. The van der Waals surface area contributed by atoms with Gasteiger partial charge in [0.1, 0.15) is 5.82 Å². The number of fused-ring (bicyclic) bond motifs is 1. The van der Waals surface area contributed by atoms with Gasteiger partial charge in [0.2, 0.25) is 0 Å². The Hall–Kier alpha value is -2.50. The molecule has 2 heterocycles. The lowest BCUT2D eigenvalue weighted by molar-refractivity contribution is 0.0328. The van der Waals surface area contributed by atoms with Crippen molar-refractivity contribution in [1.29, 1.82) is 0 Å². The first-order valence-electron chi connectivity index (χ1n) is 9.34. The van der Waals surface area contributed by atoms with E-state index in [0.29, 0.717) is 5.56 Å². The number of hydrogen-bond donors (Lipinski definition) is 0. The summed E-state index contributed by atoms with van der Waals surface area (Å²) in [6.45, 7) is 6.40. The number of carbonyl (C=O) groups excluding carboxylic acids is 1. The molecule has 0 radical (unpaired) electrons. The number of rotatable bonds is 5. The van der Waals surface area contributed by atoms with Gasteiger partial charge in [-0.3, -0.25) is 9.69 Å². The fourth-order valence-corrected chi connectivity index (χ4v) is 3.79. The average molecular weight is 366 g/mol. The molecular weight excluding hydrogens is 343 g/mol. The number of ketones is 1. The van der Waals surface area contributed by atoms with Crippen LogP contribution in [0, 0.1) is 5.82 Å². The molecule has 3 aromatic rings. The summed E-state index contributed by atoms with van der Waals surface area (Å²) in [5, 5.41) is 0.861. The van der Waals surface area contributed by atoms with Gasteiger partial charge in [-0.05, 0) is 25.1 Å². The maximum atomic E-state index is 14.2. The predicted molar refractivity (Wildman–Crippen MR) is 104 cm³/mol. The van der Waals surface area contributed by atoms with Gasteiger partial charge in [-0.15, -0.1) is 0 Å². The third-order valence-electron chi connectivity index (χ3n) is 5.20. The van der Waals surface area contributed by atoms with Crippen molar-refractivity contribution >= 4 is 16.7 Å². The highest BCUT2D eigenvalue weighted by Gasteiger charge is 2.22. The molecule has 1 atom stereocenters. The van der Waals surface area contributed by atoms with Crippen LogP contribution in [-0.4, -0.2) is 48.1 Å². The van der Waals surface area contributed by atoms with Crippen LogP contribution < -0.4 is 0 Å². The van der Waals surface area contributed by atoms with E-state index in [1.54, 1.807) is 18.2 Å². The quantitative estimate of drug-likeness (QED) is 0.642. The summed E-state index contributed by atoms with van der Waals surface area (Å²) in [6, 6.07) is 14.2. The molecule has 0 aliphatic carbocycles. The van der Waals surface area contributed by atoms with Crippen LogP contribution in [0.2, 0.25) is 0 Å². The Balaban J connectivity index is 1.70. The van der Waals surface area contributed by atoms with Crippen molar-refractivity contribution in [3.05, 3.63) is 71.7 Å². The van der Waals surface area contributed by atoms with E-state index in [9.17, 15) is 9.18 Å². The summed E-state index contributed by atoms with van der Waals surface area (Å²) in [4.78, 5) is 15.4. The molecule has 0 amide bonds. The van der Waals surface area contributed by atoms with E-state index in [1.165, 1.54) is 6.07 Å². The first-order chi connectivity index (χ1) is 13.1. The first kappa shape index (κ1) is 17.9. The van der Waals surface area contributed by atoms with E-state index in [2.05, 4.69) is 16.4 Å². The van der Waals surface area contributed by atoms with Crippen molar-refractivity contribution in [3.63, 3.8) is 0 Å². The van der Waals surface area contributed by atoms with E-state index < -0.39 is 5.82 Å². The Kier molecular flexibility index (Phi) is 5.05. The molecule has 1 saturated heterocycles. The summed E-state index contributed by atoms with van der Waals surface area (Å²) >= 11 is 0. The summed E-state index contributed by atoms with van der Waals surface area (Å²) in [6.07, 6.45) is 1.88. The van der Waals surface area contributed by atoms with Crippen molar-refractivity contribution in [2.45, 2.75) is 13.0 Å². The highest BCUT2D eigenvalue weighted by molar-refractivity contribution is 6.16. The number of benzene rings is 2. The monoisotopic (exact) mass is 366 g/mol. The van der Waals surface area contributed by atoms with E-state index in [1.807, 2.05) is 30.5 Å². The molecule has 2 aromatic carbocycles. The van der Waals surface area contributed by atoms with Gasteiger partial charge in [0.25, 0.3) is 0 Å². The van der Waals surface area contributed by atoms with Gasteiger partial charge in [0, 0.05) is 48.3 Å². The fraction of sp³-hybridized carbons (Fsp3) is 0.318. The van der Waals surface area contributed by atoms with Gasteiger partial charge < -0.3 is 9.30 Å². The number of carbonyl (C=O) groups is 1. The van der Waals surface area contributed by atoms with Crippen molar-refractivity contribution in [3.8, 4) is 0 Å². The molecule has 1 aliphatic heterocycles. The van der Waals surface area contributed by atoms with Crippen LogP contribution in [0.4, 0.5) is 4.39 Å². The van der Waals surface area contributed by atoms with Crippen LogP contribution >= 0.6 is 0 Å². The highest BCUT2D eigenvalue weighted by Crippen LogP contribution is 2.28. The second-order valence-electron chi connectivity index (χ2n) is 7.04. The number of halogens is 1. The number of ether oxygens (including phenoxy) is 1. The minimum Gasteiger partial charge on any atom is -0.379 e. The molecule has 4 rings (SSSR count). The number of morpholine rings is 1. The van der Waals surface area contributed by atoms with E-state index in [0.717, 1.165) is 43.8 Å². The summed E-state index contributed by atoms with van der Waals surface area (Å²) in [5.41, 5.74) is 1.66. The summed E-state index contributed by atoms with van der Waals surface area (Å²) in [7, 11) is 0. The largest absolute Gasteiger partial charge is 0.379 e. The number of hydrogen-bond acceptors (Lipinski definition) is 3. The lowest BCUT2D eigenvalue weighted by atomic mass is 10.0. The maximum Gasteiger partial charge on any atom is 0.198 e. The van der Waals surface area contributed by atoms with Gasteiger partial charge in [-0.1, -0.05) is 30.3 Å². The molecule has 0 unspecified atom stereocenters. The third-order valence-corrected chi connectivity index (χ3v) is 5.20. The lowest BCUT2D eigenvalue weighted by Gasteiger charge is -2.29. The summed E-state index contributed by atoms with van der Waals surface area (Å²) < 4.78 is 21.7. The molecule has 1 fully saturated rings. The fourth-order valence-electron chi connectivity index (χ4n) is 3.79. The van der Waals surface area contributed by atoms with E-state index in [4.69, 9.17) is 4.74 Å². The van der Waals surface area contributed by atoms with Crippen LogP contribution in [-0.2, 0) is 4.74 Å². The van der Waals surface area contributed by atoms with E-state index in [-0.39, 0.29) is 17.4 Å². The summed E-state index contributed by atoms with van der Waals surface area (Å²) in [5.74, 6) is -0.762. The van der Waals surface area contributed by atoms with Crippen molar-refractivity contribution in [1.82, 2.24) is 9.47 Å². The predicted octanol–water partition coefficient (Wildman–Crippen LogP) is 3.90. The van der Waals surface area contributed by atoms with E-state index >= 15 is 0 Å². The Bertz CT molecular complexity index is 960. The molecule has 4 nitrogen and oxygen atoms in total. The van der Waals surface area contributed by atoms with Gasteiger partial charge in [0.05, 0.1) is 18.8 Å². The Morgan fingerprint density at radius 3 is 2.56 bits per heavy atom. The first-order valence-corrected chi connectivity index (χ1v) is 9.34. The molecule has 0 spiro atoms. The van der Waals surface area contributed by atoms with Gasteiger partial charge in [-0.2, -0.15) is 0 Å². The van der Waals surface area contributed by atoms with Gasteiger partial charge >= 0.3 is 0 Å². The van der Waals surface area contributed by atoms with Crippen molar-refractivity contribution < 1.29 is 13.9 Å². The maximum absolute atomic E-state index is 14.2. The zero-order valence-electron chi connectivity index (χ0n) is 15.4. The van der Waals surface area contributed by atoms with Crippen LogP contribution in [0.5, 0.6) is 0 Å². The second kappa shape index (κ2) is 7.62. The minimum atomic E-state index is -0.485. The topological polar surface area (TPSA) is 34.5 Å². The van der Waals surface area contributed by atoms with Crippen molar-refractivity contribution in [2.24, 2.45) is 0 Å². The molecule has 0 saturated carbocycles. The van der Waals surface area contributed by atoms with Crippen LogP contribution in [0.15, 0.2) is 54.7 Å². The minimum absolute atomic E-state index is 0.112. The zero-order valence-corrected chi connectivity index (χ0v) is 15.4. The standard InChI is InChI=1S/C22H23FN2O2/c1-16(14-24-10-12-27-13-11-24)25-15-19(17-6-3-5-9-21(17)25)22(26)18-7-2-4-8-20(18)23/h2-9,15-16H,10-14H2,1H3/t16-/m1/s1. The smallest absolute Gasteiger partial charge is 0.198 e. The molecule has 1 aliphatic rings. The SMILES string of the molecule is C[C@H](CN1CCOCC1)n1cc(C(=O)c2ccccc2F)c2ccccc21. The zero-order chi connectivity index (χ0) is 18.8. The van der Waals surface area contributed by atoms with Crippen LogP contribution in [0.25, 0.3) is 10.9 Å². The Morgan fingerprint density at radius 1 is 1.07 bits per heavy atom. The van der Waals surface area contributed by atoms with Crippen LogP contribution in [0.1, 0.15) is 28.9 Å². The lowest BCUT2D eigenvalue weighted by Crippen LogP contribution is -2.39. The van der Waals surface area contributed by atoms with Gasteiger partial charge in [0.15, 0.2) is 5.78 Å². The Morgan fingerprint density at radius 2 is 1.78 bits per heavy atom. The van der Waals surface area contributed by atoms with Crippen LogP contribution in [0.3, 0.4) is 0 Å². The number of aromatic nitrogens is 1. The molecular formula is C22H23FN2O2. The Labute approximate surface area is 158 Å². The third kappa shape index (κ3) is 3.53. The highest BCUT2D eigenvalue weighted by atomic mass is 19.1. The molecule has 1 aromatic heterocycles. The number of para-hydroxylation sites is 1. The normalized spacial score (nSPS) is 16.5.